The van der Waals surface area contributed by atoms with Crippen molar-refractivity contribution in [3.8, 4) is 5.75 Å². The van der Waals surface area contributed by atoms with Gasteiger partial charge in [-0.15, -0.1) is 0 Å². The van der Waals surface area contributed by atoms with Crippen molar-refractivity contribution in [1.29, 1.82) is 0 Å². The first-order chi connectivity index (χ1) is 16.0. The number of halogens is 2. The molecule has 8 heteroatoms. The van der Waals surface area contributed by atoms with E-state index in [2.05, 4.69) is 10.5 Å². The first kappa shape index (κ1) is 22.6. The summed E-state index contributed by atoms with van der Waals surface area (Å²) >= 11 is 5.97. The molecule has 1 aliphatic rings. The van der Waals surface area contributed by atoms with Crippen molar-refractivity contribution < 1.29 is 18.8 Å². The quantitative estimate of drug-likeness (QED) is 0.483. The van der Waals surface area contributed by atoms with E-state index in [-0.39, 0.29) is 24.5 Å². The monoisotopic (exact) mass is 467 g/mol. The molecular weight excluding hydrogens is 445 g/mol. The lowest BCUT2D eigenvalue weighted by atomic mass is 10.0. The fraction of sp³-hybridized carbons (Fsp3) is 0.200. The Bertz CT molecular complexity index is 1140. The molecule has 0 spiro atoms. The number of anilines is 1. The van der Waals surface area contributed by atoms with E-state index in [1.165, 1.54) is 12.1 Å². The zero-order valence-corrected chi connectivity index (χ0v) is 18.8. The summed E-state index contributed by atoms with van der Waals surface area (Å²) in [5, 5.41) is 7.75. The number of nitrogens with zero attached hydrogens (tertiary/aromatic N) is 2. The van der Waals surface area contributed by atoms with Gasteiger partial charge < -0.3 is 19.8 Å². The van der Waals surface area contributed by atoms with Crippen molar-refractivity contribution >= 4 is 29.0 Å². The van der Waals surface area contributed by atoms with Crippen molar-refractivity contribution in [2.45, 2.75) is 19.1 Å². The Balaban J connectivity index is 1.48. The Morgan fingerprint density at radius 1 is 1.15 bits per heavy atom. The van der Waals surface area contributed by atoms with Gasteiger partial charge in [0.25, 0.3) is 0 Å². The molecule has 3 aromatic rings. The van der Waals surface area contributed by atoms with Gasteiger partial charge in [0, 0.05) is 18.0 Å². The number of hydrogen-bond donors (Lipinski definition) is 1. The predicted molar refractivity (Wildman–Crippen MR) is 126 cm³/mol. The van der Waals surface area contributed by atoms with Crippen LogP contribution in [0.4, 0.5) is 14.9 Å². The molecule has 0 radical (unpaired) electrons. The molecule has 0 aliphatic carbocycles. The molecule has 2 amide bonds. The van der Waals surface area contributed by atoms with Gasteiger partial charge in [-0.25, -0.2) is 9.18 Å². The van der Waals surface area contributed by atoms with Gasteiger partial charge in [0.1, 0.15) is 11.6 Å². The smallest absolute Gasteiger partial charge is 0.322 e. The van der Waals surface area contributed by atoms with Gasteiger partial charge in [0.05, 0.1) is 25.1 Å². The van der Waals surface area contributed by atoms with Gasteiger partial charge in [-0.05, 0) is 47.5 Å². The van der Waals surface area contributed by atoms with Gasteiger partial charge in [0.15, 0.2) is 6.10 Å². The molecule has 1 heterocycles. The number of amides is 2. The highest BCUT2D eigenvalue weighted by atomic mass is 35.5. The number of urea groups is 1. The SMILES string of the molecule is COc1ccccc1NC(=O)N(Cc1ccc(F)cc1)C[C@@H]1CC(c2ccc(Cl)cc2)=NO1. The highest BCUT2D eigenvalue weighted by Crippen LogP contribution is 2.25. The van der Waals surface area contributed by atoms with Crippen LogP contribution < -0.4 is 10.1 Å². The molecule has 170 valence electrons. The Morgan fingerprint density at radius 3 is 2.61 bits per heavy atom. The van der Waals surface area contributed by atoms with Crippen molar-refractivity contribution in [1.82, 2.24) is 4.90 Å². The molecule has 33 heavy (non-hydrogen) atoms. The normalized spacial score (nSPS) is 14.9. The van der Waals surface area contributed by atoms with E-state index in [9.17, 15) is 9.18 Å². The molecule has 0 aromatic heterocycles. The molecular formula is C25H23ClFN3O3. The number of nitrogens with one attached hydrogen (secondary N) is 1. The van der Waals surface area contributed by atoms with E-state index in [0.29, 0.717) is 29.4 Å². The minimum absolute atomic E-state index is 0.275. The number of para-hydroxylation sites is 2. The van der Waals surface area contributed by atoms with Gasteiger partial charge in [-0.2, -0.15) is 0 Å². The maximum atomic E-state index is 13.4. The Hall–Kier alpha value is -3.58. The van der Waals surface area contributed by atoms with Crippen molar-refractivity contribution in [2.24, 2.45) is 5.16 Å². The number of rotatable bonds is 7. The summed E-state index contributed by atoms with van der Waals surface area (Å²) in [7, 11) is 1.54. The average Bonchev–Trinajstić information content (AvgIpc) is 3.29. The van der Waals surface area contributed by atoms with Crippen LogP contribution in [0.1, 0.15) is 17.5 Å². The third kappa shape index (κ3) is 5.81. The molecule has 3 aromatic carbocycles. The number of ether oxygens (including phenoxy) is 1. The lowest BCUT2D eigenvalue weighted by molar-refractivity contribution is 0.0608. The van der Waals surface area contributed by atoms with Crippen LogP contribution in [0.5, 0.6) is 5.75 Å². The highest BCUT2D eigenvalue weighted by Gasteiger charge is 2.27. The molecule has 4 rings (SSSR count). The number of carbonyl (C=O) groups is 1. The van der Waals surface area contributed by atoms with Crippen LogP contribution in [0.3, 0.4) is 0 Å². The van der Waals surface area contributed by atoms with Crippen LogP contribution in [-0.4, -0.2) is 36.4 Å². The van der Waals surface area contributed by atoms with Crippen LogP contribution >= 0.6 is 11.6 Å². The maximum absolute atomic E-state index is 13.4. The topological polar surface area (TPSA) is 63.2 Å². The van der Waals surface area contributed by atoms with E-state index in [1.54, 1.807) is 48.4 Å². The zero-order chi connectivity index (χ0) is 23.2. The van der Waals surface area contributed by atoms with Crippen LogP contribution in [0.2, 0.25) is 5.02 Å². The van der Waals surface area contributed by atoms with Crippen molar-refractivity contribution in [2.75, 3.05) is 19.0 Å². The Labute approximate surface area is 196 Å². The molecule has 1 N–H and O–H groups in total. The highest BCUT2D eigenvalue weighted by molar-refractivity contribution is 6.30. The number of oxime groups is 1. The average molecular weight is 468 g/mol. The lowest BCUT2D eigenvalue weighted by Gasteiger charge is -2.25. The second kappa shape index (κ2) is 10.4. The summed E-state index contributed by atoms with van der Waals surface area (Å²) in [4.78, 5) is 20.5. The van der Waals surface area contributed by atoms with Gasteiger partial charge >= 0.3 is 6.03 Å². The largest absolute Gasteiger partial charge is 0.495 e. The molecule has 0 unspecified atom stereocenters. The second-order valence-electron chi connectivity index (χ2n) is 7.61. The van der Waals surface area contributed by atoms with E-state index < -0.39 is 0 Å². The minimum atomic E-state index is -0.330. The van der Waals surface area contributed by atoms with Crippen molar-refractivity contribution in [3.63, 3.8) is 0 Å². The fourth-order valence-electron chi connectivity index (χ4n) is 3.56. The molecule has 0 saturated carbocycles. The summed E-state index contributed by atoms with van der Waals surface area (Å²) in [5.41, 5.74) is 3.07. The minimum Gasteiger partial charge on any atom is -0.495 e. The summed E-state index contributed by atoms with van der Waals surface area (Å²) in [6.07, 6.45) is 0.225. The first-order valence-electron chi connectivity index (χ1n) is 10.4. The Kier molecular flexibility index (Phi) is 7.10. The van der Waals surface area contributed by atoms with Crippen LogP contribution in [0.25, 0.3) is 0 Å². The van der Waals surface area contributed by atoms with Crippen LogP contribution in [0.15, 0.2) is 78.0 Å². The van der Waals surface area contributed by atoms with Gasteiger partial charge in [0.2, 0.25) is 0 Å². The standard InChI is InChI=1S/C25H23ClFN3O3/c1-32-24-5-3-2-4-22(24)28-25(31)30(15-17-6-12-20(27)13-7-17)16-21-14-23(29-33-21)18-8-10-19(26)11-9-18/h2-13,21H,14-16H2,1H3,(H,28,31)/t21-/m0/s1. The summed E-state index contributed by atoms with van der Waals surface area (Å²) in [6.45, 7) is 0.566. The van der Waals surface area contributed by atoms with Gasteiger partial charge in [-0.3, -0.25) is 0 Å². The molecule has 0 saturated heterocycles. The van der Waals surface area contributed by atoms with E-state index in [1.807, 2.05) is 24.3 Å². The summed E-state index contributed by atoms with van der Waals surface area (Å²) in [5.74, 6) is 0.224. The summed E-state index contributed by atoms with van der Waals surface area (Å²) in [6, 6.07) is 20.3. The van der Waals surface area contributed by atoms with E-state index in [4.69, 9.17) is 21.2 Å². The molecule has 0 fully saturated rings. The number of methoxy groups -OCH3 is 1. The van der Waals surface area contributed by atoms with E-state index >= 15 is 0 Å². The molecule has 6 nitrogen and oxygen atoms in total. The molecule has 1 aliphatic heterocycles. The van der Waals surface area contributed by atoms with Crippen LogP contribution in [-0.2, 0) is 11.4 Å². The second-order valence-corrected chi connectivity index (χ2v) is 8.05. The molecule has 1 atom stereocenters. The number of hydrogen-bond acceptors (Lipinski definition) is 4. The van der Waals surface area contributed by atoms with Crippen molar-refractivity contribution in [3.05, 3.63) is 94.8 Å². The number of benzene rings is 3. The zero-order valence-electron chi connectivity index (χ0n) is 18.0. The lowest BCUT2D eigenvalue weighted by Crippen LogP contribution is -2.40. The predicted octanol–water partition coefficient (Wildman–Crippen LogP) is 5.72. The Morgan fingerprint density at radius 2 is 1.88 bits per heavy atom. The fourth-order valence-corrected chi connectivity index (χ4v) is 3.68. The van der Waals surface area contributed by atoms with E-state index in [0.717, 1.165) is 16.8 Å². The summed E-state index contributed by atoms with van der Waals surface area (Å²) < 4.78 is 18.7. The number of carbonyl (C=O) groups excluding carboxylic acids is 1. The third-order valence-corrected chi connectivity index (χ3v) is 5.51. The maximum Gasteiger partial charge on any atom is 0.322 e. The van der Waals surface area contributed by atoms with Gasteiger partial charge in [-0.1, -0.05) is 53.2 Å². The first-order valence-corrected chi connectivity index (χ1v) is 10.8. The third-order valence-electron chi connectivity index (χ3n) is 5.26. The van der Waals surface area contributed by atoms with Crippen LogP contribution in [0, 0.1) is 5.82 Å². The molecule has 0 bridgehead atoms.